The summed E-state index contributed by atoms with van der Waals surface area (Å²) in [5.41, 5.74) is 2.88. The van der Waals surface area contributed by atoms with E-state index in [0.29, 0.717) is 35.9 Å². The molecule has 0 bridgehead atoms. The van der Waals surface area contributed by atoms with E-state index in [0.717, 1.165) is 25.0 Å². The van der Waals surface area contributed by atoms with E-state index in [1.54, 1.807) is 0 Å². The number of allylic oxidation sites excluding steroid dienone is 1. The Bertz CT molecular complexity index is 834. The van der Waals surface area contributed by atoms with E-state index in [-0.39, 0.29) is 10.5 Å². The lowest BCUT2D eigenvalue weighted by molar-refractivity contribution is -0.129. The van der Waals surface area contributed by atoms with Gasteiger partial charge in [-0.25, -0.2) is 0 Å². The third kappa shape index (κ3) is 3.24. The number of carbonyl (C=O) groups excluding carboxylic acids is 1. The molecule has 1 aromatic rings. The smallest absolute Gasteiger partial charge is 0.250 e. The molecule has 0 aliphatic heterocycles. The zero-order chi connectivity index (χ0) is 21.2. The highest BCUT2D eigenvalue weighted by Gasteiger charge is 2.57. The molecule has 3 heteroatoms. The highest BCUT2D eigenvalue weighted by atomic mass is 28.4. The lowest BCUT2D eigenvalue weighted by Crippen LogP contribution is -2.44. The maximum Gasteiger partial charge on any atom is 0.250 e. The maximum atomic E-state index is 12.8. The van der Waals surface area contributed by atoms with Crippen LogP contribution in [0.25, 0.3) is 0 Å². The molecule has 1 aromatic carbocycles. The molecule has 0 aromatic heterocycles. The fraction of sp³-hybridized carbons (Fsp3) is 0.654. The van der Waals surface area contributed by atoms with Gasteiger partial charge in [0.15, 0.2) is 0 Å². The molecule has 0 saturated heterocycles. The zero-order valence-electron chi connectivity index (χ0n) is 19.2. The molecule has 29 heavy (non-hydrogen) atoms. The van der Waals surface area contributed by atoms with Crippen LogP contribution in [0.5, 0.6) is 5.75 Å². The molecule has 2 fully saturated rings. The highest BCUT2D eigenvalue weighted by molar-refractivity contribution is 6.74. The maximum absolute atomic E-state index is 12.8. The number of ketones is 1. The van der Waals surface area contributed by atoms with E-state index in [4.69, 9.17) is 4.43 Å². The quantitative estimate of drug-likeness (QED) is 0.400. The first-order valence-electron chi connectivity index (χ1n) is 11.5. The number of Topliss-reactive ketones (excluding diaryl/α,β-unsaturated/α-hetero) is 1. The minimum atomic E-state index is -1.82. The molecule has 3 aliphatic carbocycles. The van der Waals surface area contributed by atoms with E-state index in [2.05, 4.69) is 71.6 Å². The lowest BCUT2D eigenvalue weighted by atomic mass is 9.54. The van der Waals surface area contributed by atoms with Gasteiger partial charge in [-0.15, -0.1) is 6.58 Å². The van der Waals surface area contributed by atoms with Gasteiger partial charge in [-0.2, -0.15) is 0 Å². The molecule has 3 aliphatic rings. The Hall–Kier alpha value is -1.35. The fourth-order valence-corrected chi connectivity index (χ4v) is 7.26. The van der Waals surface area contributed by atoms with Gasteiger partial charge in [-0.05, 0) is 90.7 Å². The molecule has 4 rings (SSSR count). The summed E-state index contributed by atoms with van der Waals surface area (Å²) in [4.78, 5) is 12.8. The third-order valence-corrected chi connectivity index (χ3v) is 13.3. The Balaban J connectivity index is 1.62. The lowest BCUT2D eigenvalue weighted by Gasteiger charge is -2.49. The van der Waals surface area contributed by atoms with Gasteiger partial charge in [0.25, 0.3) is 0 Å². The van der Waals surface area contributed by atoms with E-state index < -0.39 is 8.32 Å². The van der Waals surface area contributed by atoms with Crippen LogP contribution in [0, 0.1) is 23.2 Å². The van der Waals surface area contributed by atoms with Crippen LogP contribution in [-0.2, 0) is 11.2 Å². The highest BCUT2D eigenvalue weighted by Crippen LogP contribution is 2.61. The van der Waals surface area contributed by atoms with Gasteiger partial charge >= 0.3 is 0 Å². The first-order chi connectivity index (χ1) is 13.5. The van der Waals surface area contributed by atoms with E-state index >= 15 is 0 Å². The predicted octanol–water partition coefficient (Wildman–Crippen LogP) is 6.91. The molecule has 2 saturated carbocycles. The number of hydrogen-bond acceptors (Lipinski definition) is 2. The SMILES string of the molecule is C=C[C@@H]1CC(=O)[C@@]2(C)CC[C@@H]3c4ccc(O[Si](C)(C)C(C)(C)C)cc4CC[C@H]3[C@H]12. The van der Waals surface area contributed by atoms with Crippen LogP contribution >= 0.6 is 0 Å². The number of carbonyl (C=O) groups is 1. The van der Waals surface area contributed by atoms with E-state index in [9.17, 15) is 4.79 Å². The first-order valence-corrected chi connectivity index (χ1v) is 14.4. The van der Waals surface area contributed by atoms with E-state index in [1.807, 2.05) is 0 Å². The number of aryl methyl sites for hydroxylation is 1. The Morgan fingerprint density at radius 1 is 1.24 bits per heavy atom. The molecule has 0 radical (unpaired) electrons. The Labute approximate surface area is 178 Å². The molecule has 0 spiro atoms. The van der Waals surface area contributed by atoms with Crippen LogP contribution in [0.15, 0.2) is 30.9 Å². The molecule has 5 atom stereocenters. The van der Waals surface area contributed by atoms with Gasteiger partial charge in [0.1, 0.15) is 11.5 Å². The average Bonchev–Trinajstić information content (AvgIpc) is 2.90. The van der Waals surface area contributed by atoms with Crippen molar-refractivity contribution in [1.29, 1.82) is 0 Å². The summed E-state index contributed by atoms with van der Waals surface area (Å²) < 4.78 is 6.58. The monoisotopic (exact) mass is 410 g/mol. The van der Waals surface area contributed by atoms with Gasteiger partial charge in [-0.1, -0.05) is 39.8 Å². The van der Waals surface area contributed by atoms with Crippen molar-refractivity contribution in [2.24, 2.45) is 23.2 Å². The van der Waals surface area contributed by atoms with Gasteiger partial charge in [0.2, 0.25) is 8.32 Å². The zero-order valence-corrected chi connectivity index (χ0v) is 20.2. The molecule has 2 nitrogen and oxygen atoms in total. The van der Waals surface area contributed by atoms with Crippen molar-refractivity contribution in [2.75, 3.05) is 0 Å². The normalized spacial score (nSPS) is 34.2. The first kappa shape index (κ1) is 20.9. The number of rotatable bonds is 3. The average molecular weight is 411 g/mol. The number of hydrogen-bond donors (Lipinski definition) is 0. The van der Waals surface area contributed by atoms with Crippen molar-refractivity contribution in [1.82, 2.24) is 0 Å². The largest absolute Gasteiger partial charge is 0.543 e. The molecule has 0 unspecified atom stereocenters. The van der Waals surface area contributed by atoms with Crippen molar-refractivity contribution < 1.29 is 9.22 Å². The second-order valence-electron chi connectivity index (χ2n) is 11.5. The summed E-state index contributed by atoms with van der Waals surface area (Å²) in [6, 6.07) is 6.88. The van der Waals surface area contributed by atoms with Crippen LogP contribution in [0.2, 0.25) is 18.1 Å². The summed E-state index contributed by atoms with van der Waals surface area (Å²) in [6.45, 7) is 17.8. The second kappa shape index (κ2) is 6.83. The van der Waals surface area contributed by atoms with Crippen molar-refractivity contribution in [3.05, 3.63) is 42.0 Å². The number of fused-ring (bicyclic) bond motifs is 5. The van der Waals surface area contributed by atoms with Gasteiger partial charge in [0.05, 0.1) is 0 Å². The summed E-state index contributed by atoms with van der Waals surface area (Å²) >= 11 is 0. The van der Waals surface area contributed by atoms with Crippen molar-refractivity contribution >= 4 is 14.1 Å². The van der Waals surface area contributed by atoms with Crippen LogP contribution in [0.4, 0.5) is 0 Å². The van der Waals surface area contributed by atoms with Gasteiger partial charge in [0, 0.05) is 11.8 Å². The minimum absolute atomic E-state index is 0.122. The van der Waals surface area contributed by atoms with Gasteiger partial charge < -0.3 is 4.43 Å². The predicted molar refractivity (Wildman–Crippen MR) is 123 cm³/mol. The fourth-order valence-electron chi connectivity index (χ4n) is 6.24. The van der Waals surface area contributed by atoms with Crippen molar-refractivity contribution in [3.8, 4) is 5.75 Å². The molecular weight excluding hydrogens is 372 g/mol. The summed E-state index contributed by atoms with van der Waals surface area (Å²) in [7, 11) is -1.82. The van der Waals surface area contributed by atoms with Gasteiger partial charge in [-0.3, -0.25) is 4.79 Å². The Kier molecular flexibility index (Phi) is 4.92. The Morgan fingerprint density at radius 3 is 2.62 bits per heavy atom. The molecular formula is C26H38O2Si. The molecule has 0 N–H and O–H groups in total. The summed E-state index contributed by atoms with van der Waals surface area (Å²) in [6.07, 6.45) is 7.25. The molecule has 0 heterocycles. The molecule has 158 valence electrons. The minimum Gasteiger partial charge on any atom is -0.543 e. The van der Waals surface area contributed by atoms with E-state index in [1.165, 1.54) is 17.5 Å². The van der Waals surface area contributed by atoms with Crippen LogP contribution in [0.3, 0.4) is 0 Å². The Morgan fingerprint density at radius 2 is 1.97 bits per heavy atom. The van der Waals surface area contributed by atoms with Crippen molar-refractivity contribution in [3.63, 3.8) is 0 Å². The van der Waals surface area contributed by atoms with Crippen LogP contribution in [-0.4, -0.2) is 14.1 Å². The van der Waals surface area contributed by atoms with Crippen LogP contribution < -0.4 is 4.43 Å². The summed E-state index contributed by atoms with van der Waals surface area (Å²) in [5, 5.41) is 0.205. The topological polar surface area (TPSA) is 26.3 Å². The second-order valence-corrected chi connectivity index (χ2v) is 16.3. The third-order valence-electron chi connectivity index (χ3n) is 8.95. The van der Waals surface area contributed by atoms with Crippen LogP contribution in [0.1, 0.15) is 70.4 Å². The number of benzene rings is 1. The standard InChI is InChI=1S/C26H38O2Si/c1-8-17-16-23(27)26(5)14-13-21-20-12-10-19(28-29(6,7)25(2,3)4)15-18(20)9-11-22(21)24(17)26/h8,10,12,15,17,21-22,24H,1,9,11,13-14,16H2,2-7H3/t17-,21-,22-,24+,26-/m1/s1. The summed E-state index contributed by atoms with van der Waals surface area (Å²) in [5.74, 6) is 3.57. The van der Waals surface area contributed by atoms with Crippen molar-refractivity contribution in [2.45, 2.75) is 83.8 Å². The molecule has 0 amide bonds.